The molecule has 1 N–H and O–H groups in total. The van der Waals surface area contributed by atoms with E-state index in [4.69, 9.17) is 14.2 Å². The average molecular weight is 400 g/mol. The first-order valence-electron chi connectivity index (χ1n) is 9.73. The van der Waals surface area contributed by atoms with Gasteiger partial charge in [-0.25, -0.2) is 9.78 Å². The molecule has 7 heteroatoms. The molecule has 0 spiro atoms. The molecule has 1 amide bonds. The van der Waals surface area contributed by atoms with E-state index in [0.29, 0.717) is 48.1 Å². The third kappa shape index (κ3) is 4.72. The Morgan fingerprint density at radius 2 is 2.03 bits per heavy atom. The summed E-state index contributed by atoms with van der Waals surface area (Å²) in [5, 5.41) is 2.59. The Labute approximate surface area is 171 Å². The number of hydrogen-bond acceptors (Lipinski definition) is 6. The maximum atomic E-state index is 11.5. The van der Waals surface area contributed by atoms with E-state index in [2.05, 4.69) is 35.8 Å². The number of carbonyl (C=O) groups excluding carboxylic acids is 1. The molecule has 1 aliphatic rings. The molecule has 2 aromatic rings. The number of nitrogens with one attached hydrogen (secondary N) is 1. The highest BCUT2D eigenvalue weighted by Gasteiger charge is 2.25. The first-order chi connectivity index (χ1) is 13.9. The lowest BCUT2D eigenvalue weighted by Gasteiger charge is -2.24. The van der Waals surface area contributed by atoms with E-state index in [-0.39, 0.29) is 0 Å². The molecular formula is C22H28N2O5. The maximum absolute atomic E-state index is 11.5. The lowest BCUT2D eigenvalue weighted by atomic mass is 9.97. The van der Waals surface area contributed by atoms with Crippen molar-refractivity contribution < 1.29 is 23.7 Å². The molecule has 0 saturated carbocycles. The molecule has 1 aromatic carbocycles. The predicted molar refractivity (Wildman–Crippen MR) is 111 cm³/mol. The average Bonchev–Trinajstić information content (AvgIpc) is 2.70. The van der Waals surface area contributed by atoms with E-state index in [1.54, 1.807) is 19.4 Å². The van der Waals surface area contributed by atoms with Gasteiger partial charge in [-0.1, -0.05) is 20.8 Å². The molecule has 3 rings (SSSR count). The molecule has 7 nitrogen and oxygen atoms in total. The van der Waals surface area contributed by atoms with Crippen LogP contribution in [-0.2, 0) is 11.3 Å². The number of nitrogens with zero attached hydrogens (tertiary/aromatic N) is 1. The van der Waals surface area contributed by atoms with Gasteiger partial charge in [-0.15, -0.1) is 0 Å². The van der Waals surface area contributed by atoms with Crippen LogP contribution in [0, 0.1) is 11.8 Å². The largest absolute Gasteiger partial charge is 0.490 e. The number of benzene rings is 1. The van der Waals surface area contributed by atoms with Gasteiger partial charge >= 0.3 is 6.09 Å². The lowest BCUT2D eigenvalue weighted by Crippen LogP contribution is -2.14. The van der Waals surface area contributed by atoms with Crippen LogP contribution in [0.5, 0.6) is 17.2 Å². The van der Waals surface area contributed by atoms with Crippen molar-refractivity contribution in [1.82, 2.24) is 4.98 Å². The number of ether oxygens (including phenoxy) is 4. The molecule has 0 fully saturated rings. The summed E-state index contributed by atoms with van der Waals surface area (Å²) in [6.45, 7) is 7.57. The first-order valence-corrected chi connectivity index (χ1v) is 9.73. The minimum absolute atomic E-state index is 0.359. The number of hydrogen-bond donors (Lipinski definition) is 1. The smallest absolute Gasteiger partial charge is 0.412 e. The zero-order valence-electron chi connectivity index (χ0n) is 17.6. The molecule has 0 radical (unpaired) electrons. The van der Waals surface area contributed by atoms with Crippen molar-refractivity contribution in [1.29, 1.82) is 0 Å². The Morgan fingerprint density at radius 3 is 2.72 bits per heavy atom. The second kappa shape index (κ2) is 9.03. The van der Waals surface area contributed by atoms with Crippen LogP contribution in [0.1, 0.15) is 32.8 Å². The molecule has 0 bridgehead atoms. The van der Waals surface area contributed by atoms with Gasteiger partial charge < -0.3 is 18.9 Å². The van der Waals surface area contributed by atoms with Crippen molar-refractivity contribution in [2.24, 2.45) is 11.8 Å². The van der Waals surface area contributed by atoms with Gasteiger partial charge in [0.2, 0.25) is 5.75 Å². The van der Waals surface area contributed by atoms with Crippen molar-refractivity contribution in [2.45, 2.75) is 33.8 Å². The third-order valence-electron chi connectivity index (χ3n) is 4.74. The predicted octanol–water partition coefficient (Wildman–Crippen LogP) is 4.89. The zero-order chi connectivity index (χ0) is 21.0. The van der Waals surface area contributed by atoms with Crippen molar-refractivity contribution >= 4 is 11.9 Å². The molecule has 156 valence electrons. The number of amides is 1. The Hall–Kier alpha value is -2.96. The standard InChI is InChI=1S/C22H28N2O5/c1-13(2)8-14(3)11-28-18-7-6-16-17-9-19(24-22(25)27-5)23-10-15(17)12-29-20(16)21(18)26-4/h6-7,9-10,13-14H,8,11-12H2,1-5H3,(H,23,24,25)/t14-/m1/s1. The van der Waals surface area contributed by atoms with Gasteiger partial charge in [0.1, 0.15) is 12.4 Å². The van der Waals surface area contributed by atoms with Crippen LogP contribution in [0.3, 0.4) is 0 Å². The number of pyridine rings is 1. The number of anilines is 1. The zero-order valence-corrected chi connectivity index (χ0v) is 17.6. The van der Waals surface area contributed by atoms with E-state index in [1.165, 1.54) is 7.11 Å². The van der Waals surface area contributed by atoms with E-state index in [0.717, 1.165) is 23.1 Å². The van der Waals surface area contributed by atoms with Crippen LogP contribution in [0.4, 0.5) is 10.6 Å². The number of methoxy groups -OCH3 is 2. The molecule has 0 saturated heterocycles. The number of rotatable bonds is 7. The van der Waals surface area contributed by atoms with Gasteiger partial charge in [0.15, 0.2) is 11.5 Å². The van der Waals surface area contributed by atoms with Gasteiger partial charge in [-0.2, -0.15) is 0 Å². The topological polar surface area (TPSA) is 78.9 Å². The number of aromatic nitrogens is 1. The summed E-state index contributed by atoms with van der Waals surface area (Å²) < 4.78 is 22.3. The van der Waals surface area contributed by atoms with Gasteiger partial charge in [-0.3, -0.25) is 5.32 Å². The van der Waals surface area contributed by atoms with Gasteiger partial charge in [0.05, 0.1) is 20.8 Å². The minimum Gasteiger partial charge on any atom is -0.490 e. The molecule has 1 atom stereocenters. The normalized spacial score (nSPS) is 13.0. The second-order valence-corrected chi connectivity index (χ2v) is 7.65. The monoisotopic (exact) mass is 400 g/mol. The van der Waals surface area contributed by atoms with Crippen LogP contribution < -0.4 is 19.5 Å². The summed E-state index contributed by atoms with van der Waals surface area (Å²) in [6.07, 6.45) is 2.22. The van der Waals surface area contributed by atoms with Crippen LogP contribution in [0.25, 0.3) is 11.1 Å². The van der Waals surface area contributed by atoms with E-state index in [9.17, 15) is 4.79 Å². The maximum Gasteiger partial charge on any atom is 0.412 e. The SMILES string of the molecule is COC(=O)Nc1cc2c(cn1)COc1c-2ccc(OC[C@H](C)CC(C)C)c1OC. The van der Waals surface area contributed by atoms with Crippen LogP contribution in [-0.4, -0.2) is 31.9 Å². The quantitative estimate of drug-likeness (QED) is 0.713. The summed E-state index contributed by atoms with van der Waals surface area (Å²) in [6, 6.07) is 5.64. The molecule has 1 aromatic heterocycles. The first kappa shape index (κ1) is 20.8. The fourth-order valence-electron chi connectivity index (χ4n) is 3.54. The molecule has 1 aliphatic heterocycles. The van der Waals surface area contributed by atoms with E-state index >= 15 is 0 Å². The Morgan fingerprint density at radius 1 is 1.24 bits per heavy atom. The van der Waals surface area contributed by atoms with Crippen LogP contribution in [0.15, 0.2) is 24.4 Å². The third-order valence-corrected chi connectivity index (χ3v) is 4.74. The number of carbonyl (C=O) groups is 1. The summed E-state index contributed by atoms with van der Waals surface area (Å²) in [7, 11) is 2.92. The summed E-state index contributed by atoms with van der Waals surface area (Å²) in [5.41, 5.74) is 2.71. The number of fused-ring (bicyclic) bond motifs is 3. The van der Waals surface area contributed by atoms with Crippen molar-refractivity contribution in [3.63, 3.8) is 0 Å². The Bertz CT molecular complexity index is 882. The van der Waals surface area contributed by atoms with Gasteiger partial charge in [0.25, 0.3) is 0 Å². The van der Waals surface area contributed by atoms with Gasteiger partial charge in [-0.05, 0) is 42.0 Å². The van der Waals surface area contributed by atoms with Gasteiger partial charge in [0, 0.05) is 17.3 Å². The Balaban J connectivity index is 1.89. The van der Waals surface area contributed by atoms with Crippen molar-refractivity contribution in [3.05, 3.63) is 30.0 Å². The summed E-state index contributed by atoms with van der Waals surface area (Å²) in [4.78, 5) is 15.7. The highest BCUT2D eigenvalue weighted by molar-refractivity contribution is 5.86. The van der Waals surface area contributed by atoms with E-state index in [1.807, 2.05) is 12.1 Å². The Kier molecular flexibility index (Phi) is 6.46. The van der Waals surface area contributed by atoms with E-state index < -0.39 is 6.09 Å². The summed E-state index contributed by atoms with van der Waals surface area (Å²) in [5.74, 6) is 3.33. The summed E-state index contributed by atoms with van der Waals surface area (Å²) >= 11 is 0. The lowest BCUT2D eigenvalue weighted by molar-refractivity contribution is 0.187. The molecule has 29 heavy (non-hydrogen) atoms. The second-order valence-electron chi connectivity index (χ2n) is 7.65. The highest BCUT2D eigenvalue weighted by atomic mass is 16.5. The van der Waals surface area contributed by atoms with Crippen LogP contribution >= 0.6 is 0 Å². The fourth-order valence-corrected chi connectivity index (χ4v) is 3.54. The molecule has 0 aliphatic carbocycles. The molecule has 2 heterocycles. The van der Waals surface area contributed by atoms with Crippen molar-refractivity contribution in [3.8, 4) is 28.4 Å². The van der Waals surface area contributed by atoms with Crippen LogP contribution in [0.2, 0.25) is 0 Å². The highest BCUT2D eigenvalue weighted by Crippen LogP contribution is 2.48. The fraction of sp³-hybridized carbons (Fsp3) is 0.455. The van der Waals surface area contributed by atoms with Crippen molar-refractivity contribution in [2.75, 3.05) is 26.1 Å². The molecular weight excluding hydrogens is 372 g/mol. The minimum atomic E-state index is -0.568. The molecule has 0 unspecified atom stereocenters.